The first-order chi connectivity index (χ1) is 12.5. The maximum absolute atomic E-state index is 13.4. The molecule has 0 radical (unpaired) electrons. The highest BCUT2D eigenvalue weighted by molar-refractivity contribution is 7.65. The number of aryl methyl sites for hydroxylation is 1. The van der Waals surface area contributed by atoms with E-state index in [0.29, 0.717) is 23.7 Å². The molecule has 2 rings (SSSR count). The van der Waals surface area contributed by atoms with Crippen molar-refractivity contribution in [2.45, 2.75) is 13.5 Å². The van der Waals surface area contributed by atoms with Crippen molar-refractivity contribution in [1.29, 1.82) is 0 Å². The van der Waals surface area contributed by atoms with E-state index in [0.717, 1.165) is 5.52 Å². The number of alkyl halides is 2. The average Bonchev–Trinajstić information content (AvgIpc) is 3.01. The van der Waals surface area contributed by atoms with Crippen LogP contribution in [0.5, 0.6) is 0 Å². The van der Waals surface area contributed by atoms with E-state index in [4.69, 9.17) is 32.2 Å². The summed E-state index contributed by atoms with van der Waals surface area (Å²) in [6, 6.07) is 7.36. The third-order valence-corrected chi connectivity index (χ3v) is 5.90. The van der Waals surface area contributed by atoms with Gasteiger partial charge in [0.2, 0.25) is 0 Å². The monoisotopic (exact) mass is 420 g/mol. The highest BCUT2D eigenvalue weighted by atomic mass is 35.5. The molecule has 7 nitrogen and oxygen atoms in total. The highest BCUT2D eigenvalue weighted by Gasteiger charge is 2.36. The molecule has 1 aromatic heterocycles. The van der Waals surface area contributed by atoms with Gasteiger partial charge < -0.3 is 13.6 Å². The predicted octanol–water partition coefficient (Wildman–Crippen LogP) is 4.94. The molecule has 1 heterocycles. The second kappa shape index (κ2) is 9.53. The van der Waals surface area contributed by atoms with Gasteiger partial charge in [-0.15, -0.1) is 23.2 Å². The van der Waals surface area contributed by atoms with Crippen molar-refractivity contribution < 1.29 is 18.5 Å². The Kier molecular flexibility index (Phi) is 7.68. The van der Waals surface area contributed by atoms with E-state index < -0.39 is 12.5 Å². The Labute approximate surface area is 161 Å². The third-order valence-electron chi connectivity index (χ3n) is 3.60. The smallest absolute Gasteiger partial charge is 0.347 e. The molecule has 0 N–H and O–H groups in total. The summed E-state index contributed by atoms with van der Waals surface area (Å²) < 4.78 is 26.0. The normalized spacial score (nSPS) is 12.7. The fourth-order valence-electron chi connectivity index (χ4n) is 2.59. The molecule has 0 aliphatic carbocycles. The number of hydrogen-bond acceptors (Lipinski definition) is 5. The first-order valence-electron chi connectivity index (χ1n) is 7.92. The molecule has 0 aliphatic rings. The Morgan fingerprint density at radius 3 is 2.42 bits per heavy atom. The maximum Gasteiger partial charge on any atom is 0.368 e. The summed E-state index contributed by atoms with van der Waals surface area (Å²) in [5.41, 5.74) is 1.28. The number of halogens is 2. The van der Waals surface area contributed by atoms with Gasteiger partial charge in [-0.05, 0) is 13.0 Å². The summed E-state index contributed by atoms with van der Waals surface area (Å²) in [6.07, 6.45) is 2.38. The molecular formula is C16H19Cl2N2O5P. The van der Waals surface area contributed by atoms with Gasteiger partial charge in [0.05, 0.1) is 18.1 Å². The van der Waals surface area contributed by atoms with Crippen LogP contribution in [0.15, 0.2) is 36.7 Å². The second-order valence-corrected chi connectivity index (χ2v) is 7.94. The van der Waals surface area contributed by atoms with Crippen LogP contribution >= 0.6 is 30.8 Å². The Morgan fingerprint density at radius 1 is 1.27 bits per heavy atom. The summed E-state index contributed by atoms with van der Waals surface area (Å²) >= 11 is 11.3. The van der Waals surface area contributed by atoms with Crippen molar-refractivity contribution >= 4 is 47.0 Å². The molecule has 10 heteroatoms. The Hall–Kier alpha value is -1.37. The van der Waals surface area contributed by atoms with Gasteiger partial charge >= 0.3 is 7.60 Å². The van der Waals surface area contributed by atoms with E-state index in [1.165, 1.54) is 0 Å². The number of aromatic nitrogens is 1. The molecule has 0 atom stereocenters. The first kappa shape index (κ1) is 20.9. The minimum Gasteiger partial charge on any atom is -0.347 e. The zero-order valence-corrected chi connectivity index (χ0v) is 16.5. The van der Waals surface area contributed by atoms with Crippen LogP contribution in [0.2, 0.25) is 0 Å². The van der Waals surface area contributed by atoms with Crippen LogP contribution in [0.3, 0.4) is 0 Å². The van der Waals surface area contributed by atoms with E-state index >= 15 is 0 Å². The summed E-state index contributed by atoms with van der Waals surface area (Å²) in [7, 11) is -4.00. The van der Waals surface area contributed by atoms with Crippen LogP contribution in [-0.2, 0) is 20.2 Å². The van der Waals surface area contributed by atoms with Crippen LogP contribution in [0.4, 0.5) is 0 Å². The SMILES string of the molecule is CCn1cc(C(=C[N+](=O)[O-])P(=O)(OCCCl)OCCCl)c2ccccc21. The third kappa shape index (κ3) is 4.67. The molecule has 0 saturated heterocycles. The van der Waals surface area contributed by atoms with Crippen molar-refractivity contribution in [2.24, 2.45) is 0 Å². The predicted molar refractivity (Wildman–Crippen MR) is 104 cm³/mol. The van der Waals surface area contributed by atoms with Crippen molar-refractivity contribution in [3.63, 3.8) is 0 Å². The zero-order valence-electron chi connectivity index (χ0n) is 14.1. The molecule has 0 spiro atoms. The minimum atomic E-state index is -4.00. The lowest BCUT2D eigenvalue weighted by atomic mass is 10.2. The van der Waals surface area contributed by atoms with Gasteiger partial charge in [0.1, 0.15) is 5.31 Å². The molecule has 0 amide bonds. The second-order valence-electron chi connectivity index (χ2n) is 5.19. The molecular weight excluding hydrogens is 402 g/mol. The first-order valence-corrected chi connectivity index (χ1v) is 10.5. The van der Waals surface area contributed by atoms with Crippen molar-refractivity contribution in [3.05, 3.63) is 52.3 Å². The number of hydrogen-bond donors (Lipinski definition) is 0. The molecule has 0 bridgehead atoms. The van der Waals surface area contributed by atoms with E-state index in [-0.39, 0.29) is 30.3 Å². The molecule has 1 aromatic carbocycles. The number of para-hydroxylation sites is 1. The minimum absolute atomic E-state index is 0.0662. The molecule has 0 unspecified atom stereocenters. The van der Waals surface area contributed by atoms with Gasteiger partial charge in [0.15, 0.2) is 0 Å². The molecule has 0 aliphatic heterocycles. The molecule has 26 heavy (non-hydrogen) atoms. The van der Waals surface area contributed by atoms with Gasteiger partial charge in [-0.2, -0.15) is 0 Å². The Balaban J connectivity index is 2.67. The van der Waals surface area contributed by atoms with Crippen molar-refractivity contribution in [2.75, 3.05) is 25.0 Å². The van der Waals surface area contributed by atoms with E-state index in [2.05, 4.69) is 0 Å². The van der Waals surface area contributed by atoms with Gasteiger partial charge in [-0.1, -0.05) is 18.2 Å². The number of benzene rings is 1. The summed E-state index contributed by atoms with van der Waals surface area (Å²) in [4.78, 5) is 10.6. The molecule has 0 fully saturated rings. The van der Waals surface area contributed by atoms with Crippen molar-refractivity contribution in [1.82, 2.24) is 4.57 Å². The molecule has 142 valence electrons. The largest absolute Gasteiger partial charge is 0.368 e. The fourth-order valence-corrected chi connectivity index (χ4v) is 4.68. The van der Waals surface area contributed by atoms with E-state index in [1.807, 2.05) is 23.6 Å². The molecule has 0 saturated carbocycles. The van der Waals surface area contributed by atoms with Gasteiger partial charge in [-0.3, -0.25) is 14.7 Å². The van der Waals surface area contributed by atoms with Crippen LogP contribution in [0, 0.1) is 10.1 Å². The number of fused-ring (bicyclic) bond motifs is 1. The van der Waals surface area contributed by atoms with Gasteiger partial charge in [-0.25, -0.2) is 0 Å². The van der Waals surface area contributed by atoms with Crippen LogP contribution < -0.4 is 0 Å². The topological polar surface area (TPSA) is 83.6 Å². The van der Waals surface area contributed by atoms with E-state index in [9.17, 15) is 14.7 Å². The Morgan fingerprint density at radius 2 is 1.88 bits per heavy atom. The van der Waals surface area contributed by atoms with E-state index in [1.54, 1.807) is 18.3 Å². The number of rotatable bonds is 10. The molecule has 2 aromatic rings. The average molecular weight is 421 g/mol. The van der Waals surface area contributed by atoms with Crippen LogP contribution in [0.25, 0.3) is 16.2 Å². The highest BCUT2D eigenvalue weighted by Crippen LogP contribution is 2.61. The van der Waals surface area contributed by atoms with Crippen molar-refractivity contribution in [3.8, 4) is 0 Å². The van der Waals surface area contributed by atoms with Gasteiger partial charge in [0, 0.05) is 41.0 Å². The summed E-state index contributed by atoms with van der Waals surface area (Å²) in [5.74, 6) is 0.132. The fraction of sp³-hybridized carbons (Fsp3) is 0.375. The quantitative estimate of drug-likeness (QED) is 0.235. The van der Waals surface area contributed by atoms with Crippen LogP contribution in [-0.4, -0.2) is 34.5 Å². The zero-order chi connectivity index (χ0) is 19.2. The lowest BCUT2D eigenvalue weighted by Gasteiger charge is -2.19. The maximum atomic E-state index is 13.4. The standard InChI is InChI=1S/C16H19Cl2N2O5P/c1-2-19-11-14(13-5-3-4-6-15(13)19)16(12-20(21)22)26(23,24-9-7-17)25-10-8-18/h3-6,11-12H,2,7-10H2,1H3. The van der Waals surface area contributed by atoms with Gasteiger partial charge in [0.25, 0.3) is 6.20 Å². The Bertz CT molecular complexity index is 840. The lowest BCUT2D eigenvalue weighted by Crippen LogP contribution is -2.04. The number of nitro groups is 1. The van der Waals surface area contributed by atoms with Crippen LogP contribution in [0.1, 0.15) is 12.5 Å². The number of nitrogens with zero attached hydrogens (tertiary/aromatic N) is 2. The lowest BCUT2D eigenvalue weighted by molar-refractivity contribution is -0.401. The summed E-state index contributed by atoms with van der Waals surface area (Å²) in [5, 5.41) is 11.8. The summed E-state index contributed by atoms with van der Waals surface area (Å²) in [6.45, 7) is 2.42.